The summed E-state index contributed by atoms with van der Waals surface area (Å²) in [7, 11) is 0. The van der Waals surface area contributed by atoms with E-state index in [9.17, 15) is 9.59 Å². The van der Waals surface area contributed by atoms with Gasteiger partial charge in [0.05, 0.1) is 6.42 Å². The third-order valence-electron chi connectivity index (χ3n) is 3.60. The van der Waals surface area contributed by atoms with Crippen LogP contribution >= 0.6 is 0 Å². The summed E-state index contributed by atoms with van der Waals surface area (Å²) in [6.07, 6.45) is 0.847. The van der Waals surface area contributed by atoms with E-state index >= 15 is 0 Å². The highest BCUT2D eigenvalue weighted by Gasteiger charge is 2.20. The molecule has 1 aromatic rings. The maximum atomic E-state index is 12.2. The summed E-state index contributed by atoms with van der Waals surface area (Å²) < 4.78 is 0. The molecule has 0 atom stereocenters. The molecule has 108 valence electrons. The third-order valence-corrected chi connectivity index (χ3v) is 3.60. The zero-order valence-corrected chi connectivity index (χ0v) is 11.6. The Balaban J connectivity index is 1.76. The second kappa shape index (κ2) is 7.05. The highest BCUT2D eigenvalue weighted by molar-refractivity contribution is 5.78. The van der Waals surface area contributed by atoms with Crippen LogP contribution in [0.2, 0.25) is 0 Å². The van der Waals surface area contributed by atoms with Gasteiger partial charge >= 0.3 is 0 Å². The summed E-state index contributed by atoms with van der Waals surface area (Å²) in [6, 6.07) is 9.79. The van der Waals surface area contributed by atoms with Crippen LogP contribution in [0.25, 0.3) is 0 Å². The molecule has 0 saturated carbocycles. The van der Waals surface area contributed by atoms with Gasteiger partial charge in [-0.3, -0.25) is 14.5 Å². The zero-order chi connectivity index (χ0) is 14.4. The molecule has 2 rings (SSSR count). The van der Waals surface area contributed by atoms with E-state index in [0.717, 1.165) is 31.7 Å². The van der Waals surface area contributed by atoms with Crippen molar-refractivity contribution in [1.82, 2.24) is 9.80 Å². The van der Waals surface area contributed by atoms with Crippen molar-refractivity contribution in [3.63, 3.8) is 0 Å². The number of nitrogens with zero attached hydrogens (tertiary/aromatic N) is 2. The van der Waals surface area contributed by atoms with Gasteiger partial charge in [0, 0.05) is 39.1 Å². The SMILES string of the molecule is NC(=O)CCN1CCN(C(=O)Cc2ccccc2)CC1. The summed E-state index contributed by atoms with van der Waals surface area (Å²) in [5.74, 6) is -0.0988. The molecule has 0 radical (unpaired) electrons. The molecule has 1 fully saturated rings. The Bertz CT molecular complexity index is 453. The van der Waals surface area contributed by atoms with Gasteiger partial charge in [0.1, 0.15) is 0 Å². The van der Waals surface area contributed by atoms with Crippen molar-refractivity contribution in [2.24, 2.45) is 5.73 Å². The minimum Gasteiger partial charge on any atom is -0.370 e. The van der Waals surface area contributed by atoms with Gasteiger partial charge in [-0.2, -0.15) is 0 Å². The van der Waals surface area contributed by atoms with E-state index in [4.69, 9.17) is 5.73 Å². The predicted molar refractivity (Wildman–Crippen MR) is 77.0 cm³/mol. The van der Waals surface area contributed by atoms with Gasteiger partial charge in [-0.25, -0.2) is 0 Å². The van der Waals surface area contributed by atoms with E-state index < -0.39 is 0 Å². The fourth-order valence-electron chi connectivity index (χ4n) is 2.37. The molecule has 0 spiro atoms. The zero-order valence-electron chi connectivity index (χ0n) is 11.6. The number of carbonyl (C=O) groups excluding carboxylic acids is 2. The molecule has 1 heterocycles. The molecule has 2 amide bonds. The summed E-state index contributed by atoms with van der Waals surface area (Å²) in [5.41, 5.74) is 6.19. The van der Waals surface area contributed by atoms with E-state index in [1.807, 2.05) is 35.2 Å². The van der Waals surface area contributed by atoms with Crippen LogP contribution in [-0.2, 0) is 16.0 Å². The first-order valence-corrected chi connectivity index (χ1v) is 6.97. The largest absolute Gasteiger partial charge is 0.370 e. The van der Waals surface area contributed by atoms with Crippen LogP contribution in [-0.4, -0.2) is 54.3 Å². The molecule has 5 heteroatoms. The molecule has 5 nitrogen and oxygen atoms in total. The molecule has 0 aliphatic carbocycles. The predicted octanol–water partition coefficient (Wildman–Crippen LogP) is 0.249. The first-order chi connectivity index (χ1) is 9.65. The number of benzene rings is 1. The van der Waals surface area contributed by atoms with Crippen molar-refractivity contribution in [3.8, 4) is 0 Å². The third kappa shape index (κ3) is 4.35. The number of hydrogen-bond donors (Lipinski definition) is 1. The van der Waals surface area contributed by atoms with Gasteiger partial charge in [0.25, 0.3) is 0 Å². The minimum atomic E-state index is -0.271. The number of amides is 2. The van der Waals surface area contributed by atoms with Gasteiger partial charge in [0.2, 0.25) is 11.8 Å². The van der Waals surface area contributed by atoms with Crippen molar-refractivity contribution >= 4 is 11.8 Å². The van der Waals surface area contributed by atoms with Crippen molar-refractivity contribution in [2.75, 3.05) is 32.7 Å². The number of nitrogens with two attached hydrogens (primary N) is 1. The van der Waals surface area contributed by atoms with Crippen LogP contribution in [0.5, 0.6) is 0 Å². The van der Waals surface area contributed by atoms with Crippen LogP contribution < -0.4 is 5.73 Å². The normalized spacial score (nSPS) is 16.1. The van der Waals surface area contributed by atoms with E-state index in [1.54, 1.807) is 0 Å². The quantitative estimate of drug-likeness (QED) is 0.837. The molecule has 1 saturated heterocycles. The van der Waals surface area contributed by atoms with Crippen molar-refractivity contribution in [1.29, 1.82) is 0 Å². The first-order valence-electron chi connectivity index (χ1n) is 6.97. The second-order valence-electron chi connectivity index (χ2n) is 5.10. The average molecular weight is 275 g/mol. The van der Waals surface area contributed by atoms with Gasteiger partial charge in [-0.05, 0) is 5.56 Å². The smallest absolute Gasteiger partial charge is 0.227 e. The highest BCUT2D eigenvalue weighted by Crippen LogP contribution is 2.07. The molecular formula is C15H21N3O2. The fourth-order valence-corrected chi connectivity index (χ4v) is 2.37. The monoisotopic (exact) mass is 275 g/mol. The lowest BCUT2D eigenvalue weighted by Gasteiger charge is -2.34. The summed E-state index contributed by atoms with van der Waals surface area (Å²) >= 11 is 0. The Morgan fingerprint density at radius 2 is 1.70 bits per heavy atom. The van der Waals surface area contributed by atoms with E-state index in [-0.39, 0.29) is 11.8 Å². The number of primary amides is 1. The van der Waals surface area contributed by atoms with Gasteiger partial charge in [0.15, 0.2) is 0 Å². The van der Waals surface area contributed by atoms with Gasteiger partial charge in [-0.15, -0.1) is 0 Å². The lowest BCUT2D eigenvalue weighted by atomic mass is 10.1. The number of rotatable bonds is 5. The topological polar surface area (TPSA) is 66.6 Å². The fraction of sp³-hybridized carbons (Fsp3) is 0.467. The molecule has 0 bridgehead atoms. The van der Waals surface area contributed by atoms with Crippen LogP contribution in [0.4, 0.5) is 0 Å². The first kappa shape index (κ1) is 14.5. The van der Waals surface area contributed by atoms with E-state index in [2.05, 4.69) is 4.90 Å². The standard InChI is InChI=1S/C15H21N3O2/c16-14(19)6-7-17-8-10-18(11-9-17)15(20)12-13-4-2-1-3-5-13/h1-5H,6-12H2,(H2,16,19). The van der Waals surface area contributed by atoms with Crippen molar-refractivity contribution in [2.45, 2.75) is 12.8 Å². The van der Waals surface area contributed by atoms with Crippen molar-refractivity contribution in [3.05, 3.63) is 35.9 Å². The van der Waals surface area contributed by atoms with Gasteiger partial charge < -0.3 is 10.6 Å². The molecule has 1 aromatic carbocycles. The molecule has 2 N–H and O–H groups in total. The molecular weight excluding hydrogens is 254 g/mol. The number of hydrogen-bond acceptors (Lipinski definition) is 3. The van der Waals surface area contributed by atoms with Crippen LogP contribution in [0.15, 0.2) is 30.3 Å². The van der Waals surface area contributed by atoms with Crippen molar-refractivity contribution < 1.29 is 9.59 Å². The molecule has 1 aliphatic heterocycles. The van der Waals surface area contributed by atoms with Crippen LogP contribution in [0.1, 0.15) is 12.0 Å². The Labute approximate surface area is 119 Å². The lowest BCUT2D eigenvalue weighted by Crippen LogP contribution is -2.49. The average Bonchev–Trinajstić information content (AvgIpc) is 2.46. The number of carbonyl (C=O) groups is 2. The highest BCUT2D eigenvalue weighted by atomic mass is 16.2. The lowest BCUT2D eigenvalue weighted by molar-refractivity contribution is -0.132. The minimum absolute atomic E-state index is 0.172. The van der Waals surface area contributed by atoms with Crippen LogP contribution in [0.3, 0.4) is 0 Å². The Kier molecular flexibility index (Phi) is 5.12. The van der Waals surface area contributed by atoms with E-state index in [0.29, 0.717) is 19.4 Å². The maximum Gasteiger partial charge on any atom is 0.227 e. The Hall–Kier alpha value is -1.88. The summed E-state index contributed by atoms with van der Waals surface area (Å²) in [4.78, 5) is 27.0. The molecule has 20 heavy (non-hydrogen) atoms. The Morgan fingerprint density at radius 1 is 1.05 bits per heavy atom. The molecule has 0 unspecified atom stereocenters. The Morgan fingerprint density at radius 3 is 2.30 bits per heavy atom. The van der Waals surface area contributed by atoms with E-state index in [1.165, 1.54) is 0 Å². The maximum absolute atomic E-state index is 12.2. The second-order valence-corrected chi connectivity index (χ2v) is 5.10. The number of piperazine rings is 1. The summed E-state index contributed by atoms with van der Waals surface area (Å²) in [6.45, 7) is 3.77. The molecule has 0 aromatic heterocycles. The molecule has 1 aliphatic rings. The van der Waals surface area contributed by atoms with Crippen LogP contribution in [0, 0.1) is 0 Å². The van der Waals surface area contributed by atoms with Gasteiger partial charge in [-0.1, -0.05) is 30.3 Å². The summed E-state index contributed by atoms with van der Waals surface area (Å²) in [5, 5.41) is 0.